The highest BCUT2D eigenvalue weighted by molar-refractivity contribution is 5.60. The van der Waals surface area contributed by atoms with Crippen LogP contribution in [-0.2, 0) is 24.1 Å². The van der Waals surface area contributed by atoms with Gasteiger partial charge in [-0.15, -0.1) is 18.3 Å². The molecule has 2 aliphatic rings. The van der Waals surface area contributed by atoms with E-state index < -0.39 is 12.1 Å². The lowest BCUT2D eigenvalue weighted by Crippen LogP contribution is -2.45. The Morgan fingerprint density at radius 2 is 1.92 bits per heavy atom. The zero-order chi connectivity index (χ0) is 25.3. The smallest absolute Gasteiger partial charge is 0.406 e. The molecule has 1 aromatic carbocycles. The summed E-state index contributed by atoms with van der Waals surface area (Å²) in [5, 5.41) is 10.8. The third-order valence-corrected chi connectivity index (χ3v) is 6.04. The predicted molar refractivity (Wildman–Crippen MR) is 123 cm³/mol. The summed E-state index contributed by atoms with van der Waals surface area (Å²) in [6, 6.07) is 4.83. The molecule has 10 nitrogen and oxygen atoms in total. The van der Waals surface area contributed by atoms with Crippen LogP contribution in [0.25, 0.3) is 5.69 Å². The van der Waals surface area contributed by atoms with E-state index in [0.29, 0.717) is 56.1 Å². The van der Waals surface area contributed by atoms with Crippen LogP contribution in [-0.4, -0.2) is 51.5 Å². The number of ether oxygens (including phenoxy) is 2. The monoisotopic (exact) mass is 504 g/mol. The van der Waals surface area contributed by atoms with Gasteiger partial charge < -0.3 is 20.1 Å². The number of nitrogens with one attached hydrogen (secondary N) is 2. The first-order valence-corrected chi connectivity index (χ1v) is 11.4. The maximum Gasteiger partial charge on any atom is 0.573 e. The quantitative estimate of drug-likeness (QED) is 0.524. The fraction of sp³-hybridized carbons (Fsp3) is 0.391. The van der Waals surface area contributed by atoms with Crippen molar-refractivity contribution in [3.63, 3.8) is 0 Å². The standard InChI is InChI=1S/C23H23F3N6O4/c24-23(25,26)36-16-6-4-15(5-7-16)32-21(33)18-3-1-2-17(18)20(30-32)29-19-10-27-13-31(22(19)34)11-14-12-35-9-8-28-14/h4-7,10,13-14,28H,1-3,8-9,11-12H2,(H,29,30). The molecule has 36 heavy (non-hydrogen) atoms. The number of benzene rings is 1. The van der Waals surface area contributed by atoms with Crippen molar-refractivity contribution in [2.75, 3.05) is 25.1 Å². The van der Waals surface area contributed by atoms with Crippen molar-refractivity contribution < 1.29 is 22.6 Å². The molecule has 190 valence electrons. The lowest BCUT2D eigenvalue weighted by atomic mass is 10.2. The summed E-state index contributed by atoms with van der Waals surface area (Å²) in [6.07, 6.45) is -0.0907. The Bertz CT molecular complexity index is 1360. The molecule has 3 aromatic rings. The first kappa shape index (κ1) is 24.0. The van der Waals surface area contributed by atoms with E-state index in [1.807, 2.05) is 0 Å². The van der Waals surface area contributed by atoms with Crippen LogP contribution in [0.2, 0.25) is 0 Å². The molecule has 5 rings (SSSR count). The van der Waals surface area contributed by atoms with Crippen LogP contribution in [0.4, 0.5) is 24.7 Å². The Morgan fingerprint density at radius 1 is 1.14 bits per heavy atom. The minimum atomic E-state index is -4.82. The molecule has 0 amide bonds. The van der Waals surface area contributed by atoms with Crippen LogP contribution in [0.1, 0.15) is 17.5 Å². The third-order valence-electron chi connectivity index (χ3n) is 6.04. The zero-order valence-corrected chi connectivity index (χ0v) is 19.0. The SMILES string of the molecule is O=c1c(Nc2nn(-c3ccc(OC(F)(F)F)cc3)c(=O)c3c2CCC3)cncn1CC1COCCN1. The van der Waals surface area contributed by atoms with Crippen LogP contribution in [0, 0.1) is 0 Å². The molecule has 2 aromatic heterocycles. The van der Waals surface area contributed by atoms with Crippen LogP contribution >= 0.6 is 0 Å². The molecule has 0 radical (unpaired) electrons. The highest BCUT2D eigenvalue weighted by Crippen LogP contribution is 2.28. The average molecular weight is 504 g/mol. The second kappa shape index (κ2) is 9.74. The van der Waals surface area contributed by atoms with Crippen LogP contribution < -0.4 is 26.5 Å². The molecule has 0 spiro atoms. The van der Waals surface area contributed by atoms with Gasteiger partial charge in [0, 0.05) is 30.3 Å². The molecular formula is C23H23F3N6O4. The molecule has 0 saturated carbocycles. The number of rotatable bonds is 6. The van der Waals surface area contributed by atoms with Gasteiger partial charge in [0.1, 0.15) is 11.4 Å². The molecule has 1 aliphatic heterocycles. The number of morpholine rings is 1. The summed E-state index contributed by atoms with van der Waals surface area (Å²) < 4.78 is 49.4. The second-order valence-electron chi connectivity index (χ2n) is 8.53. The van der Waals surface area contributed by atoms with E-state index in [-0.39, 0.29) is 28.5 Å². The average Bonchev–Trinajstić information content (AvgIpc) is 3.35. The number of nitrogens with zero attached hydrogens (tertiary/aromatic N) is 4. The van der Waals surface area contributed by atoms with Crippen molar-refractivity contribution in [3.8, 4) is 11.4 Å². The fourth-order valence-electron chi connectivity index (χ4n) is 4.41. The molecule has 13 heteroatoms. The van der Waals surface area contributed by atoms with Gasteiger partial charge in [-0.05, 0) is 43.5 Å². The summed E-state index contributed by atoms with van der Waals surface area (Å²) in [6.45, 7) is 2.18. The number of alkyl halides is 3. The largest absolute Gasteiger partial charge is 0.573 e. The highest BCUT2D eigenvalue weighted by Gasteiger charge is 2.31. The van der Waals surface area contributed by atoms with E-state index in [1.165, 1.54) is 29.2 Å². The summed E-state index contributed by atoms with van der Waals surface area (Å²) in [4.78, 5) is 30.4. The Labute approximate surface area is 202 Å². The number of fused-ring (bicyclic) bond motifs is 1. The normalized spacial score (nSPS) is 17.6. The van der Waals surface area contributed by atoms with Gasteiger partial charge in [0.2, 0.25) is 0 Å². The van der Waals surface area contributed by atoms with E-state index in [9.17, 15) is 22.8 Å². The molecular weight excluding hydrogens is 481 g/mol. The number of aromatic nitrogens is 4. The molecule has 1 aliphatic carbocycles. The van der Waals surface area contributed by atoms with Crippen molar-refractivity contribution in [1.29, 1.82) is 0 Å². The number of hydrogen-bond donors (Lipinski definition) is 2. The van der Waals surface area contributed by atoms with Crippen molar-refractivity contribution >= 4 is 11.5 Å². The summed E-state index contributed by atoms with van der Waals surface area (Å²) in [7, 11) is 0. The van der Waals surface area contributed by atoms with Gasteiger partial charge in [-0.25, -0.2) is 4.98 Å². The molecule has 1 saturated heterocycles. The molecule has 1 unspecified atom stereocenters. The topological polar surface area (TPSA) is 112 Å². The molecule has 1 atom stereocenters. The van der Waals surface area contributed by atoms with Crippen LogP contribution in [0.5, 0.6) is 5.75 Å². The zero-order valence-electron chi connectivity index (χ0n) is 19.0. The van der Waals surface area contributed by atoms with E-state index >= 15 is 0 Å². The maximum atomic E-state index is 13.1. The fourth-order valence-corrected chi connectivity index (χ4v) is 4.41. The lowest BCUT2D eigenvalue weighted by molar-refractivity contribution is -0.274. The summed E-state index contributed by atoms with van der Waals surface area (Å²) in [5.41, 5.74) is 1.05. The minimum Gasteiger partial charge on any atom is -0.406 e. The van der Waals surface area contributed by atoms with Gasteiger partial charge in [-0.2, -0.15) is 4.68 Å². The Balaban J connectivity index is 1.46. The Hall–Kier alpha value is -3.71. The van der Waals surface area contributed by atoms with E-state index in [2.05, 4.69) is 25.5 Å². The van der Waals surface area contributed by atoms with E-state index in [1.54, 1.807) is 0 Å². The van der Waals surface area contributed by atoms with Crippen molar-refractivity contribution in [3.05, 3.63) is 68.6 Å². The Kier molecular flexibility index (Phi) is 6.49. The van der Waals surface area contributed by atoms with E-state index in [0.717, 1.165) is 23.2 Å². The first-order chi connectivity index (χ1) is 17.3. The molecule has 2 N–H and O–H groups in total. The maximum absolute atomic E-state index is 13.1. The lowest BCUT2D eigenvalue weighted by Gasteiger charge is -2.24. The predicted octanol–water partition coefficient (Wildman–Crippen LogP) is 1.91. The Morgan fingerprint density at radius 3 is 2.64 bits per heavy atom. The molecule has 3 heterocycles. The number of hydrogen-bond acceptors (Lipinski definition) is 8. The molecule has 1 fully saturated rings. The molecule has 0 bridgehead atoms. The van der Waals surface area contributed by atoms with Crippen LogP contribution in [0.3, 0.4) is 0 Å². The minimum absolute atomic E-state index is 0.0259. The van der Waals surface area contributed by atoms with Gasteiger partial charge >= 0.3 is 6.36 Å². The van der Waals surface area contributed by atoms with E-state index in [4.69, 9.17) is 4.74 Å². The van der Waals surface area contributed by atoms with Crippen molar-refractivity contribution in [2.24, 2.45) is 0 Å². The first-order valence-electron chi connectivity index (χ1n) is 11.4. The summed E-state index contributed by atoms with van der Waals surface area (Å²) in [5.74, 6) is -0.0823. The number of anilines is 2. The number of halogens is 3. The van der Waals surface area contributed by atoms with Crippen molar-refractivity contribution in [1.82, 2.24) is 24.6 Å². The second-order valence-corrected chi connectivity index (χ2v) is 8.53. The van der Waals surface area contributed by atoms with Gasteiger partial charge in [0.25, 0.3) is 11.1 Å². The van der Waals surface area contributed by atoms with Gasteiger partial charge in [-0.3, -0.25) is 14.2 Å². The van der Waals surface area contributed by atoms with Gasteiger partial charge in [0.15, 0.2) is 5.82 Å². The van der Waals surface area contributed by atoms with Crippen molar-refractivity contribution in [2.45, 2.75) is 38.2 Å². The third kappa shape index (κ3) is 5.11. The van der Waals surface area contributed by atoms with Gasteiger partial charge in [-0.1, -0.05) is 0 Å². The van der Waals surface area contributed by atoms with Gasteiger partial charge in [0.05, 0.1) is 31.4 Å². The summed E-state index contributed by atoms with van der Waals surface area (Å²) >= 11 is 0. The van der Waals surface area contributed by atoms with Crippen LogP contribution in [0.15, 0.2) is 46.4 Å². The highest BCUT2D eigenvalue weighted by atomic mass is 19.4.